The summed E-state index contributed by atoms with van der Waals surface area (Å²) in [6.45, 7) is 4.74. The third-order valence-corrected chi connectivity index (χ3v) is 5.49. The molecule has 1 N–H and O–H groups in total. The Morgan fingerprint density at radius 1 is 1.00 bits per heavy atom. The number of alkyl carbamates (subject to hydrolysis) is 1. The van der Waals surface area contributed by atoms with E-state index in [1.807, 2.05) is 0 Å². The summed E-state index contributed by atoms with van der Waals surface area (Å²) >= 11 is 0. The number of hydrogen-bond acceptors (Lipinski definition) is 4. The molecule has 0 aliphatic rings. The number of hydrogen-bond donors (Lipinski definition) is 1. The van der Waals surface area contributed by atoms with Gasteiger partial charge in [0.05, 0.1) is 10.5 Å². The van der Waals surface area contributed by atoms with Crippen LogP contribution in [0.3, 0.4) is 0 Å². The first-order valence-corrected chi connectivity index (χ1v) is 9.81. The van der Waals surface area contributed by atoms with E-state index in [0.717, 1.165) is 12.1 Å². The van der Waals surface area contributed by atoms with Crippen LogP contribution in [0.4, 0.5) is 18.0 Å². The Hall–Kier alpha value is -2.55. The maximum Gasteiger partial charge on any atom is 0.416 e. The van der Waals surface area contributed by atoms with Crippen LogP contribution in [0.2, 0.25) is 0 Å². The molecule has 0 saturated carbocycles. The van der Waals surface area contributed by atoms with Crippen LogP contribution in [-0.4, -0.2) is 20.1 Å². The van der Waals surface area contributed by atoms with Crippen molar-refractivity contribution in [3.8, 4) is 0 Å². The Balaban J connectivity index is 2.53. The molecule has 0 spiro atoms. The Morgan fingerprint density at radius 3 is 2.14 bits per heavy atom. The molecule has 1 amide bonds. The van der Waals surface area contributed by atoms with Crippen molar-refractivity contribution in [1.82, 2.24) is 5.32 Å². The Kier molecular flexibility index (Phi) is 6.08. The summed E-state index contributed by atoms with van der Waals surface area (Å²) < 4.78 is 70.4. The molecule has 0 radical (unpaired) electrons. The van der Waals surface area contributed by atoms with Crippen LogP contribution in [0.5, 0.6) is 0 Å². The van der Waals surface area contributed by atoms with Crippen LogP contribution >= 0.6 is 0 Å². The van der Waals surface area contributed by atoms with Crippen molar-refractivity contribution in [3.63, 3.8) is 0 Å². The van der Waals surface area contributed by atoms with Gasteiger partial charge < -0.3 is 10.1 Å². The maximum absolute atomic E-state index is 13.1. The fourth-order valence-electron chi connectivity index (χ4n) is 2.38. The predicted octanol–water partition coefficient (Wildman–Crippen LogP) is 4.70. The van der Waals surface area contributed by atoms with Crippen LogP contribution in [0.25, 0.3) is 0 Å². The molecule has 1 atom stereocenters. The van der Waals surface area contributed by atoms with Crippen LogP contribution < -0.4 is 5.32 Å². The summed E-state index contributed by atoms with van der Waals surface area (Å²) in [6.07, 6.45) is -5.72. The third-order valence-electron chi connectivity index (χ3n) is 3.55. The average molecular weight is 415 g/mol. The normalized spacial score (nSPS) is 13.6. The van der Waals surface area contributed by atoms with Crippen LogP contribution in [0, 0.1) is 0 Å². The molecule has 152 valence electrons. The van der Waals surface area contributed by atoms with Crippen molar-refractivity contribution in [1.29, 1.82) is 0 Å². The van der Waals surface area contributed by atoms with E-state index in [9.17, 15) is 26.4 Å². The van der Waals surface area contributed by atoms with E-state index < -0.39 is 38.6 Å². The van der Waals surface area contributed by atoms with Gasteiger partial charge in [0.25, 0.3) is 0 Å². The predicted molar refractivity (Wildman–Crippen MR) is 97.2 cm³/mol. The zero-order valence-electron chi connectivity index (χ0n) is 15.4. The molecule has 2 aromatic carbocycles. The molecule has 1 unspecified atom stereocenters. The minimum atomic E-state index is -4.66. The van der Waals surface area contributed by atoms with Crippen molar-refractivity contribution < 1.29 is 31.1 Å². The molecule has 5 nitrogen and oxygen atoms in total. The molecule has 0 fully saturated rings. The van der Waals surface area contributed by atoms with Crippen LogP contribution in [0.15, 0.2) is 59.5 Å². The molecular weight excluding hydrogens is 395 g/mol. The van der Waals surface area contributed by atoms with Gasteiger partial charge in [-0.15, -0.1) is 0 Å². The van der Waals surface area contributed by atoms with Gasteiger partial charge in [0.15, 0.2) is 5.37 Å². The number of alkyl halides is 3. The monoisotopic (exact) mass is 415 g/mol. The highest BCUT2D eigenvalue weighted by Crippen LogP contribution is 2.33. The van der Waals surface area contributed by atoms with Crippen molar-refractivity contribution >= 4 is 15.9 Å². The lowest BCUT2D eigenvalue weighted by atomic mass is 10.1. The largest absolute Gasteiger partial charge is 0.444 e. The second-order valence-corrected chi connectivity index (χ2v) is 9.04. The SMILES string of the molecule is CC(C)(C)OC(=O)NC(c1cccc(C(F)(F)F)c1)S(=O)(=O)c1ccccc1. The van der Waals surface area contributed by atoms with E-state index >= 15 is 0 Å². The molecule has 0 bridgehead atoms. The lowest BCUT2D eigenvalue weighted by Crippen LogP contribution is -2.38. The quantitative estimate of drug-likeness (QED) is 0.786. The maximum atomic E-state index is 13.1. The third kappa shape index (κ3) is 5.48. The van der Waals surface area contributed by atoms with Gasteiger partial charge in [-0.3, -0.25) is 0 Å². The number of ether oxygens (including phenoxy) is 1. The summed E-state index contributed by atoms with van der Waals surface area (Å²) in [5.74, 6) is 0. The average Bonchev–Trinajstić information content (AvgIpc) is 2.58. The lowest BCUT2D eigenvalue weighted by molar-refractivity contribution is -0.137. The second kappa shape index (κ2) is 7.83. The second-order valence-electron chi connectivity index (χ2n) is 7.01. The highest BCUT2D eigenvalue weighted by atomic mass is 32.2. The standard InChI is InChI=1S/C19H20F3NO4S/c1-18(2,3)27-17(24)23-16(28(25,26)15-10-5-4-6-11-15)13-8-7-9-14(12-13)19(20,21)22/h4-12,16H,1-3H3,(H,23,24). The van der Waals surface area contributed by atoms with E-state index in [2.05, 4.69) is 5.32 Å². The van der Waals surface area contributed by atoms with Crippen molar-refractivity contribution in [2.75, 3.05) is 0 Å². The molecule has 28 heavy (non-hydrogen) atoms. The van der Waals surface area contributed by atoms with E-state index in [4.69, 9.17) is 4.74 Å². The summed E-state index contributed by atoms with van der Waals surface area (Å²) in [4.78, 5) is 12.0. The number of benzene rings is 2. The first kappa shape index (κ1) is 21.7. The topological polar surface area (TPSA) is 72.5 Å². The number of amides is 1. The number of carbonyl (C=O) groups is 1. The Labute approximate surface area is 161 Å². The van der Waals surface area contributed by atoms with Gasteiger partial charge in [-0.1, -0.05) is 30.3 Å². The minimum Gasteiger partial charge on any atom is -0.444 e. The van der Waals surface area contributed by atoms with Gasteiger partial charge in [-0.2, -0.15) is 13.2 Å². The fourth-order valence-corrected chi connectivity index (χ4v) is 3.94. The van der Waals surface area contributed by atoms with Crippen molar-refractivity contribution in [3.05, 3.63) is 65.7 Å². The zero-order chi connectivity index (χ0) is 21.2. The number of nitrogens with one attached hydrogen (secondary N) is 1. The molecule has 0 heterocycles. The smallest absolute Gasteiger partial charge is 0.416 e. The zero-order valence-corrected chi connectivity index (χ0v) is 16.3. The summed E-state index contributed by atoms with van der Waals surface area (Å²) in [5, 5.41) is 0.433. The van der Waals surface area contributed by atoms with Gasteiger partial charge in [-0.05, 0) is 50.6 Å². The van der Waals surface area contributed by atoms with Crippen molar-refractivity contribution in [2.24, 2.45) is 0 Å². The first-order chi connectivity index (χ1) is 12.8. The summed E-state index contributed by atoms with van der Waals surface area (Å²) in [7, 11) is -4.25. The highest BCUT2D eigenvalue weighted by Gasteiger charge is 2.35. The summed E-state index contributed by atoms with van der Waals surface area (Å²) in [6, 6.07) is 11.0. The fraction of sp³-hybridized carbons (Fsp3) is 0.316. The van der Waals surface area contributed by atoms with Crippen LogP contribution in [0.1, 0.15) is 37.3 Å². The Morgan fingerprint density at radius 2 is 1.61 bits per heavy atom. The number of halogens is 3. The highest BCUT2D eigenvalue weighted by molar-refractivity contribution is 7.91. The minimum absolute atomic E-state index is 0.145. The number of carbonyl (C=O) groups excluding carboxylic acids is 1. The molecule has 2 rings (SSSR count). The van der Waals surface area contributed by atoms with Gasteiger partial charge in [0.1, 0.15) is 5.60 Å². The van der Waals surface area contributed by atoms with Gasteiger partial charge in [0.2, 0.25) is 9.84 Å². The lowest BCUT2D eigenvalue weighted by Gasteiger charge is -2.24. The van der Waals surface area contributed by atoms with Gasteiger partial charge >= 0.3 is 12.3 Å². The molecule has 0 aromatic heterocycles. The van der Waals surface area contributed by atoms with E-state index in [1.165, 1.54) is 30.3 Å². The van der Waals surface area contributed by atoms with Crippen molar-refractivity contribution in [2.45, 2.75) is 42.8 Å². The molecule has 2 aromatic rings. The van der Waals surface area contributed by atoms with E-state index in [0.29, 0.717) is 6.07 Å². The van der Waals surface area contributed by atoms with Crippen LogP contribution in [-0.2, 0) is 20.8 Å². The van der Waals surface area contributed by atoms with E-state index in [-0.39, 0.29) is 10.5 Å². The van der Waals surface area contributed by atoms with Gasteiger partial charge in [0, 0.05) is 0 Å². The van der Waals surface area contributed by atoms with E-state index in [1.54, 1.807) is 26.8 Å². The first-order valence-electron chi connectivity index (χ1n) is 8.26. The number of sulfone groups is 1. The molecule has 9 heteroatoms. The van der Waals surface area contributed by atoms with Gasteiger partial charge in [-0.25, -0.2) is 13.2 Å². The molecule has 0 aliphatic heterocycles. The number of rotatable bonds is 4. The molecule has 0 aliphatic carbocycles. The Bertz CT molecular complexity index is 936. The molecular formula is C19H20F3NO4S. The molecule has 0 saturated heterocycles. The summed E-state index contributed by atoms with van der Waals surface area (Å²) in [5.41, 5.74) is -2.17.